The molecule has 7 nitrogen and oxygen atoms in total. The number of carbonyl (C=O) groups excluding carboxylic acids is 3. The molecule has 3 rings (SSSR count). The molecule has 0 amide bonds. The number of hydrogen-bond acceptors (Lipinski definition) is 7. The molecule has 0 saturated carbocycles. The van der Waals surface area contributed by atoms with Crippen LogP contribution in [0.1, 0.15) is 46.4 Å². The molecule has 0 atom stereocenters. The summed E-state index contributed by atoms with van der Waals surface area (Å²) in [6.45, 7) is 4.27. The monoisotopic (exact) mass is 506 g/mol. The van der Waals surface area contributed by atoms with Crippen LogP contribution in [-0.2, 0) is 9.53 Å². The van der Waals surface area contributed by atoms with Gasteiger partial charge in [0.05, 0.1) is 24.3 Å². The minimum atomic E-state index is -0.626. The summed E-state index contributed by atoms with van der Waals surface area (Å²) in [6.07, 6.45) is 4.67. The van der Waals surface area contributed by atoms with E-state index in [1.54, 1.807) is 24.3 Å². The first kappa shape index (κ1) is 27.1. The van der Waals surface area contributed by atoms with Gasteiger partial charge in [-0.15, -0.1) is 0 Å². The van der Waals surface area contributed by atoms with Gasteiger partial charge in [0.15, 0.2) is 0 Å². The van der Waals surface area contributed by atoms with Crippen molar-refractivity contribution in [2.24, 2.45) is 0 Å². The zero-order valence-corrected chi connectivity index (χ0v) is 20.2. The first-order valence-corrected chi connectivity index (χ1v) is 11.8. The van der Waals surface area contributed by atoms with E-state index in [2.05, 4.69) is 6.58 Å². The summed E-state index contributed by atoms with van der Waals surface area (Å²) in [6, 6.07) is 17.6. The van der Waals surface area contributed by atoms with E-state index >= 15 is 0 Å². The van der Waals surface area contributed by atoms with Gasteiger partial charge in [0.25, 0.3) is 0 Å². The minimum Gasteiger partial charge on any atom is -0.494 e. The SMILES string of the molecule is C=CC(=O)OCCCCCCOc1ccc(C(=O)Oc2ccc(OC(=O)c3ccc(F)cc3)cc2)cc1. The van der Waals surface area contributed by atoms with Crippen molar-refractivity contribution in [3.05, 3.63) is 102 Å². The van der Waals surface area contributed by atoms with E-state index in [-0.39, 0.29) is 17.1 Å². The van der Waals surface area contributed by atoms with Gasteiger partial charge in [0, 0.05) is 6.08 Å². The van der Waals surface area contributed by atoms with Crippen molar-refractivity contribution < 1.29 is 37.7 Å². The zero-order valence-electron chi connectivity index (χ0n) is 20.2. The Bertz CT molecular complexity index is 1190. The number of rotatable bonds is 13. The molecule has 0 aromatic heterocycles. The van der Waals surface area contributed by atoms with Gasteiger partial charge in [-0.2, -0.15) is 0 Å². The van der Waals surface area contributed by atoms with E-state index in [0.29, 0.717) is 24.5 Å². The lowest BCUT2D eigenvalue weighted by molar-refractivity contribution is -0.137. The Hall–Kier alpha value is -4.46. The third kappa shape index (κ3) is 9.25. The molecule has 0 aliphatic rings. The normalized spacial score (nSPS) is 10.3. The summed E-state index contributed by atoms with van der Waals surface area (Å²) in [5.41, 5.74) is 0.571. The van der Waals surface area contributed by atoms with Gasteiger partial charge in [0.2, 0.25) is 0 Å². The molecule has 0 unspecified atom stereocenters. The molecule has 0 heterocycles. The van der Waals surface area contributed by atoms with Crippen molar-refractivity contribution in [3.63, 3.8) is 0 Å². The lowest BCUT2D eigenvalue weighted by Gasteiger charge is -2.08. The molecule has 0 aliphatic heterocycles. The number of esters is 3. The highest BCUT2D eigenvalue weighted by Gasteiger charge is 2.11. The Balaban J connectivity index is 1.38. The van der Waals surface area contributed by atoms with Crippen molar-refractivity contribution in [3.8, 4) is 17.2 Å². The Morgan fingerprint density at radius 1 is 0.649 bits per heavy atom. The molecule has 0 N–H and O–H groups in total. The average Bonchev–Trinajstić information content (AvgIpc) is 2.91. The molecular formula is C29H27FO7. The van der Waals surface area contributed by atoms with Gasteiger partial charge >= 0.3 is 17.9 Å². The van der Waals surface area contributed by atoms with Crippen LogP contribution in [0.25, 0.3) is 0 Å². The topological polar surface area (TPSA) is 88.1 Å². The van der Waals surface area contributed by atoms with Crippen LogP contribution in [0.2, 0.25) is 0 Å². The minimum absolute atomic E-state index is 0.216. The van der Waals surface area contributed by atoms with Crippen LogP contribution >= 0.6 is 0 Å². The van der Waals surface area contributed by atoms with Crippen LogP contribution < -0.4 is 14.2 Å². The number of carbonyl (C=O) groups is 3. The molecule has 37 heavy (non-hydrogen) atoms. The molecule has 0 saturated heterocycles. The lowest BCUT2D eigenvalue weighted by Crippen LogP contribution is -2.09. The van der Waals surface area contributed by atoms with Crippen molar-refractivity contribution in [2.75, 3.05) is 13.2 Å². The lowest BCUT2D eigenvalue weighted by atomic mass is 10.2. The van der Waals surface area contributed by atoms with Crippen LogP contribution in [0.15, 0.2) is 85.5 Å². The second-order valence-corrected chi connectivity index (χ2v) is 7.92. The fourth-order valence-corrected chi connectivity index (χ4v) is 3.16. The third-order valence-electron chi connectivity index (χ3n) is 5.13. The molecule has 0 bridgehead atoms. The van der Waals surface area contributed by atoms with Gasteiger partial charge in [-0.1, -0.05) is 6.58 Å². The summed E-state index contributed by atoms with van der Waals surface area (Å²) in [7, 11) is 0. The van der Waals surface area contributed by atoms with Crippen molar-refractivity contribution in [1.82, 2.24) is 0 Å². The summed E-state index contributed by atoms with van der Waals surface area (Å²) in [5.74, 6) is -0.838. The van der Waals surface area contributed by atoms with Crippen LogP contribution in [-0.4, -0.2) is 31.1 Å². The maximum atomic E-state index is 13.0. The van der Waals surface area contributed by atoms with Gasteiger partial charge in [-0.25, -0.2) is 18.8 Å². The van der Waals surface area contributed by atoms with Crippen LogP contribution in [0.4, 0.5) is 4.39 Å². The number of halogens is 1. The highest BCUT2D eigenvalue weighted by Crippen LogP contribution is 2.21. The first-order valence-electron chi connectivity index (χ1n) is 11.8. The molecular weight excluding hydrogens is 479 g/mol. The first-order chi connectivity index (χ1) is 17.9. The molecule has 0 aliphatic carbocycles. The second-order valence-electron chi connectivity index (χ2n) is 7.92. The third-order valence-corrected chi connectivity index (χ3v) is 5.13. The predicted octanol–water partition coefficient (Wildman–Crippen LogP) is 5.93. The fourth-order valence-electron chi connectivity index (χ4n) is 3.16. The smallest absolute Gasteiger partial charge is 0.343 e. The molecule has 8 heteroatoms. The fraction of sp³-hybridized carbons (Fsp3) is 0.207. The number of hydrogen-bond donors (Lipinski definition) is 0. The number of benzene rings is 3. The molecule has 0 fully saturated rings. The summed E-state index contributed by atoms with van der Waals surface area (Å²) >= 11 is 0. The summed E-state index contributed by atoms with van der Waals surface area (Å²) in [5, 5.41) is 0. The number of unbranched alkanes of at least 4 members (excludes halogenated alkanes) is 3. The predicted molar refractivity (Wildman–Crippen MR) is 134 cm³/mol. The van der Waals surface area contributed by atoms with Gasteiger partial charge in [0.1, 0.15) is 23.1 Å². The Morgan fingerprint density at radius 2 is 1.11 bits per heavy atom. The Labute approximate surface area is 214 Å². The van der Waals surface area contributed by atoms with E-state index in [4.69, 9.17) is 18.9 Å². The maximum Gasteiger partial charge on any atom is 0.343 e. The maximum absolute atomic E-state index is 13.0. The van der Waals surface area contributed by atoms with Crippen LogP contribution in [0.5, 0.6) is 17.2 Å². The van der Waals surface area contributed by atoms with Gasteiger partial charge in [-0.3, -0.25) is 0 Å². The highest BCUT2D eigenvalue weighted by atomic mass is 19.1. The standard InChI is InChI=1S/C29H27FO7/c1-2-27(31)35-20-6-4-3-5-19-34-24-13-9-22(10-14-24)29(33)37-26-17-15-25(16-18-26)36-28(32)21-7-11-23(30)12-8-21/h2,7-18H,1,3-6,19-20H2. The van der Waals surface area contributed by atoms with Gasteiger partial charge < -0.3 is 18.9 Å². The quantitative estimate of drug-likeness (QED) is 0.123. The number of ether oxygens (including phenoxy) is 4. The molecule has 3 aromatic carbocycles. The van der Waals surface area contributed by atoms with E-state index in [0.717, 1.165) is 31.8 Å². The summed E-state index contributed by atoms with van der Waals surface area (Å²) < 4.78 is 34.2. The molecule has 0 spiro atoms. The second kappa shape index (κ2) is 14.2. The van der Waals surface area contributed by atoms with Crippen molar-refractivity contribution in [2.45, 2.75) is 25.7 Å². The Kier molecular flexibility index (Phi) is 10.4. The zero-order chi connectivity index (χ0) is 26.5. The van der Waals surface area contributed by atoms with Crippen LogP contribution in [0.3, 0.4) is 0 Å². The van der Waals surface area contributed by atoms with Crippen molar-refractivity contribution in [1.29, 1.82) is 0 Å². The molecule has 192 valence electrons. The van der Waals surface area contributed by atoms with E-state index in [1.165, 1.54) is 48.5 Å². The van der Waals surface area contributed by atoms with Crippen LogP contribution in [0, 0.1) is 5.82 Å². The molecule has 3 aromatic rings. The molecule has 0 radical (unpaired) electrons. The summed E-state index contributed by atoms with van der Waals surface area (Å²) in [4.78, 5) is 35.5. The average molecular weight is 507 g/mol. The largest absolute Gasteiger partial charge is 0.494 e. The van der Waals surface area contributed by atoms with E-state index in [1.807, 2.05) is 0 Å². The highest BCUT2D eigenvalue weighted by molar-refractivity contribution is 5.92. The van der Waals surface area contributed by atoms with Crippen molar-refractivity contribution >= 4 is 17.9 Å². The van der Waals surface area contributed by atoms with Gasteiger partial charge in [-0.05, 0) is 98.5 Å². The van der Waals surface area contributed by atoms with E-state index in [9.17, 15) is 18.8 Å². The van der Waals surface area contributed by atoms with E-state index < -0.39 is 23.7 Å². The Morgan fingerprint density at radius 3 is 1.62 bits per heavy atom.